The minimum Gasteiger partial charge on any atom is -0.481 e. The van der Waals surface area contributed by atoms with E-state index in [9.17, 15) is 9.59 Å². The minimum atomic E-state index is -0.951. The summed E-state index contributed by atoms with van der Waals surface area (Å²) in [5.41, 5.74) is 2.23. The monoisotopic (exact) mass is 286 g/mol. The SMILES string of the molecule is Cc1ncccc1NC(=O)Nc1ccc(CC(=O)O)nc1. The van der Waals surface area contributed by atoms with Gasteiger partial charge in [0, 0.05) is 6.20 Å². The number of carbonyl (C=O) groups is 2. The molecule has 21 heavy (non-hydrogen) atoms. The van der Waals surface area contributed by atoms with Crippen LogP contribution in [0.25, 0.3) is 0 Å². The molecule has 3 N–H and O–H groups in total. The molecule has 0 atom stereocenters. The summed E-state index contributed by atoms with van der Waals surface area (Å²) in [6, 6.07) is 6.21. The average molecular weight is 286 g/mol. The Bertz CT molecular complexity index is 656. The summed E-state index contributed by atoms with van der Waals surface area (Å²) in [6.07, 6.45) is 2.90. The second kappa shape index (κ2) is 6.47. The van der Waals surface area contributed by atoms with Crippen molar-refractivity contribution in [3.05, 3.63) is 48.0 Å². The number of aromatic nitrogens is 2. The van der Waals surface area contributed by atoms with Gasteiger partial charge in [-0.1, -0.05) is 0 Å². The summed E-state index contributed by atoms with van der Waals surface area (Å²) < 4.78 is 0. The van der Waals surface area contributed by atoms with E-state index in [1.165, 1.54) is 6.20 Å². The molecule has 7 nitrogen and oxygen atoms in total. The summed E-state index contributed by atoms with van der Waals surface area (Å²) in [5, 5.41) is 13.9. The number of hydrogen-bond donors (Lipinski definition) is 3. The first kappa shape index (κ1) is 14.4. The topological polar surface area (TPSA) is 104 Å². The van der Waals surface area contributed by atoms with Crippen LogP contribution in [0, 0.1) is 6.92 Å². The van der Waals surface area contributed by atoms with Crippen molar-refractivity contribution >= 4 is 23.4 Å². The van der Waals surface area contributed by atoms with Gasteiger partial charge in [-0.15, -0.1) is 0 Å². The van der Waals surface area contributed by atoms with Crippen LogP contribution in [-0.2, 0) is 11.2 Å². The number of amides is 2. The van der Waals surface area contributed by atoms with Crippen LogP contribution in [-0.4, -0.2) is 27.1 Å². The molecular weight excluding hydrogens is 272 g/mol. The lowest BCUT2D eigenvalue weighted by Gasteiger charge is -2.09. The highest BCUT2D eigenvalue weighted by Crippen LogP contribution is 2.12. The Morgan fingerprint density at radius 1 is 1.19 bits per heavy atom. The Kier molecular flexibility index (Phi) is 4.45. The maximum Gasteiger partial charge on any atom is 0.323 e. The molecule has 0 radical (unpaired) electrons. The van der Waals surface area contributed by atoms with E-state index >= 15 is 0 Å². The molecule has 0 bridgehead atoms. The van der Waals surface area contributed by atoms with Gasteiger partial charge in [-0.25, -0.2) is 4.79 Å². The number of nitrogens with zero attached hydrogens (tertiary/aromatic N) is 2. The van der Waals surface area contributed by atoms with Crippen molar-refractivity contribution in [1.82, 2.24) is 9.97 Å². The predicted octanol–water partition coefficient (Wildman–Crippen LogP) is 2.06. The van der Waals surface area contributed by atoms with Gasteiger partial charge >= 0.3 is 12.0 Å². The molecule has 0 aliphatic carbocycles. The normalized spacial score (nSPS) is 9.95. The maximum absolute atomic E-state index is 11.8. The number of nitrogens with one attached hydrogen (secondary N) is 2. The molecule has 0 aliphatic heterocycles. The zero-order valence-corrected chi connectivity index (χ0v) is 11.3. The highest BCUT2D eigenvalue weighted by molar-refractivity contribution is 5.99. The van der Waals surface area contributed by atoms with Crippen molar-refractivity contribution in [2.45, 2.75) is 13.3 Å². The predicted molar refractivity (Wildman–Crippen MR) is 77.2 cm³/mol. The molecule has 2 aromatic rings. The first-order chi connectivity index (χ1) is 10.0. The molecule has 0 spiro atoms. The Morgan fingerprint density at radius 2 is 2.00 bits per heavy atom. The van der Waals surface area contributed by atoms with Crippen LogP contribution in [0.3, 0.4) is 0 Å². The Hall–Kier alpha value is -2.96. The highest BCUT2D eigenvalue weighted by Gasteiger charge is 2.06. The molecule has 2 amide bonds. The van der Waals surface area contributed by atoms with E-state index in [0.29, 0.717) is 22.8 Å². The fourth-order valence-corrected chi connectivity index (χ4v) is 1.66. The second-order valence-electron chi connectivity index (χ2n) is 4.32. The summed E-state index contributed by atoms with van der Waals surface area (Å²) >= 11 is 0. The molecule has 108 valence electrons. The molecule has 0 aliphatic rings. The van der Waals surface area contributed by atoms with E-state index in [2.05, 4.69) is 20.6 Å². The number of carboxylic acids is 1. The number of carboxylic acid groups (broad SMARTS) is 1. The van der Waals surface area contributed by atoms with Crippen molar-refractivity contribution in [2.24, 2.45) is 0 Å². The lowest BCUT2D eigenvalue weighted by atomic mass is 10.2. The summed E-state index contributed by atoms with van der Waals surface area (Å²) in [7, 11) is 0. The number of aliphatic carboxylic acids is 1. The van der Waals surface area contributed by atoms with Crippen LogP contribution in [0.1, 0.15) is 11.4 Å². The van der Waals surface area contributed by atoms with E-state index in [4.69, 9.17) is 5.11 Å². The standard InChI is InChI=1S/C14H14N4O3/c1-9-12(3-2-6-15-9)18-14(21)17-11-5-4-10(16-8-11)7-13(19)20/h2-6,8H,7H2,1H3,(H,19,20)(H2,17,18,21). The van der Waals surface area contributed by atoms with E-state index in [-0.39, 0.29) is 6.42 Å². The third kappa shape index (κ3) is 4.27. The molecule has 2 aromatic heterocycles. The first-order valence-corrected chi connectivity index (χ1v) is 6.21. The van der Waals surface area contributed by atoms with Gasteiger partial charge in [0.25, 0.3) is 0 Å². The van der Waals surface area contributed by atoms with Crippen molar-refractivity contribution in [2.75, 3.05) is 10.6 Å². The summed E-state index contributed by atoms with van der Waals surface area (Å²) in [6.45, 7) is 1.79. The number of hydrogen-bond acceptors (Lipinski definition) is 4. The maximum atomic E-state index is 11.8. The zero-order chi connectivity index (χ0) is 15.2. The Balaban J connectivity index is 1.96. The largest absolute Gasteiger partial charge is 0.481 e. The van der Waals surface area contributed by atoms with Crippen LogP contribution in [0.5, 0.6) is 0 Å². The molecule has 2 rings (SSSR count). The molecule has 0 aromatic carbocycles. The van der Waals surface area contributed by atoms with E-state index < -0.39 is 12.0 Å². The number of rotatable bonds is 4. The van der Waals surface area contributed by atoms with Gasteiger partial charge in [0.15, 0.2) is 0 Å². The van der Waals surface area contributed by atoms with Gasteiger partial charge in [0.2, 0.25) is 0 Å². The van der Waals surface area contributed by atoms with Gasteiger partial charge < -0.3 is 15.7 Å². The molecule has 7 heteroatoms. The van der Waals surface area contributed by atoms with Crippen LogP contribution < -0.4 is 10.6 Å². The fraction of sp³-hybridized carbons (Fsp3) is 0.143. The van der Waals surface area contributed by atoms with E-state index in [1.807, 2.05) is 0 Å². The minimum absolute atomic E-state index is 0.151. The summed E-state index contributed by atoms with van der Waals surface area (Å²) in [4.78, 5) is 30.4. The average Bonchev–Trinajstić information content (AvgIpc) is 2.43. The van der Waals surface area contributed by atoms with Gasteiger partial charge in [0.05, 0.1) is 35.4 Å². The van der Waals surface area contributed by atoms with Crippen molar-refractivity contribution in [3.63, 3.8) is 0 Å². The van der Waals surface area contributed by atoms with Crippen LogP contribution in [0.2, 0.25) is 0 Å². The third-order valence-electron chi connectivity index (χ3n) is 2.67. The lowest BCUT2D eigenvalue weighted by Crippen LogP contribution is -2.20. The van der Waals surface area contributed by atoms with Crippen LogP contribution in [0.15, 0.2) is 36.7 Å². The van der Waals surface area contributed by atoms with Gasteiger partial charge in [-0.3, -0.25) is 14.8 Å². The summed E-state index contributed by atoms with van der Waals surface area (Å²) in [5.74, 6) is -0.951. The quantitative estimate of drug-likeness (QED) is 0.798. The van der Waals surface area contributed by atoms with E-state index in [1.54, 1.807) is 37.4 Å². The van der Waals surface area contributed by atoms with Crippen molar-refractivity contribution in [1.29, 1.82) is 0 Å². The van der Waals surface area contributed by atoms with Crippen molar-refractivity contribution in [3.8, 4) is 0 Å². The number of pyridine rings is 2. The number of aryl methyl sites for hydroxylation is 1. The number of urea groups is 1. The van der Waals surface area contributed by atoms with E-state index in [0.717, 1.165) is 0 Å². The zero-order valence-electron chi connectivity index (χ0n) is 11.3. The molecule has 2 heterocycles. The number of anilines is 2. The second-order valence-corrected chi connectivity index (χ2v) is 4.32. The van der Waals surface area contributed by atoms with Gasteiger partial charge in [-0.05, 0) is 31.2 Å². The molecule has 0 saturated heterocycles. The first-order valence-electron chi connectivity index (χ1n) is 6.21. The van der Waals surface area contributed by atoms with Crippen LogP contribution in [0.4, 0.5) is 16.2 Å². The fourth-order valence-electron chi connectivity index (χ4n) is 1.66. The Morgan fingerprint density at radius 3 is 2.62 bits per heavy atom. The molecule has 0 fully saturated rings. The van der Waals surface area contributed by atoms with Gasteiger partial charge in [-0.2, -0.15) is 0 Å². The van der Waals surface area contributed by atoms with Crippen LogP contribution >= 0.6 is 0 Å². The van der Waals surface area contributed by atoms with Gasteiger partial charge in [0.1, 0.15) is 0 Å². The third-order valence-corrected chi connectivity index (χ3v) is 2.67. The highest BCUT2D eigenvalue weighted by atomic mass is 16.4. The molecule has 0 unspecified atom stereocenters. The lowest BCUT2D eigenvalue weighted by molar-refractivity contribution is -0.136. The Labute approximate surface area is 121 Å². The molecular formula is C14H14N4O3. The van der Waals surface area contributed by atoms with Crippen molar-refractivity contribution < 1.29 is 14.7 Å². The number of carbonyl (C=O) groups excluding carboxylic acids is 1. The molecule has 0 saturated carbocycles. The smallest absolute Gasteiger partial charge is 0.323 e.